The summed E-state index contributed by atoms with van der Waals surface area (Å²) in [5.74, 6) is 0. The molecule has 0 saturated heterocycles. The van der Waals surface area contributed by atoms with E-state index < -0.39 is 0 Å². The number of anilines is 1. The van der Waals surface area contributed by atoms with Crippen molar-refractivity contribution < 1.29 is 0 Å². The molecule has 0 unspecified atom stereocenters. The number of hydrogen-bond acceptors (Lipinski definition) is 2. The summed E-state index contributed by atoms with van der Waals surface area (Å²) in [5.41, 5.74) is 4.33. The van der Waals surface area contributed by atoms with Crippen molar-refractivity contribution in [1.29, 1.82) is 0 Å². The molecule has 1 heterocycles. The third kappa shape index (κ3) is 4.24. The Labute approximate surface area is 118 Å². The fraction of sp³-hybridized carbons (Fsp3) is 0.647. The summed E-state index contributed by atoms with van der Waals surface area (Å²) in [5, 5.41) is 3.44. The van der Waals surface area contributed by atoms with E-state index in [0.29, 0.717) is 0 Å². The smallest absolute Gasteiger partial charge is 0.0373 e. The molecule has 1 aromatic carbocycles. The van der Waals surface area contributed by atoms with Gasteiger partial charge in [-0.05, 0) is 49.5 Å². The molecule has 0 radical (unpaired) electrons. The number of unbranched alkanes of at least 4 members (excludes halogenated alkanes) is 2. The van der Waals surface area contributed by atoms with E-state index in [9.17, 15) is 0 Å². The molecule has 2 rings (SSSR count). The van der Waals surface area contributed by atoms with Gasteiger partial charge in [-0.3, -0.25) is 4.90 Å². The van der Waals surface area contributed by atoms with Gasteiger partial charge in [-0.15, -0.1) is 0 Å². The molecule has 0 aliphatic carbocycles. The van der Waals surface area contributed by atoms with E-state index in [4.69, 9.17) is 0 Å². The molecular formula is C17H28N2. The first-order chi connectivity index (χ1) is 9.33. The Bertz CT molecular complexity index is 379. The average molecular weight is 260 g/mol. The summed E-state index contributed by atoms with van der Waals surface area (Å²) >= 11 is 0. The van der Waals surface area contributed by atoms with Crippen molar-refractivity contribution in [1.82, 2.24) is 4.90 Å². The van der Waals surface area contributed by atoms with Gasteiger partial charge in [-0.2, -0.15) is 0 Å². The van der Waals surface area contributed by atoms with Crippen LogP contribution in [-0.2, 0) is 13.0 Å². The molecule has 0 atom stereocenters. The second-order valence-electron chi connectivity index (χ2n) is 5.65. The molecule has 0 spiro atoms. The van der Waals surface area contributed by atoms with Crippen molar-refractivity contribution in [3.8, 4) is 0 Å². The van der Waals surface area contributed by atoms with Crippen LogP contribution in [-0.4, -0.2) is 24.5 Å². The zero-order valence-corrected chi connectivity index (χ0v) is 12.5. The Balaban J connectivity index is 1.95. The molecule has 0 amide bonds. The molecule has 106 valence electrons. The van der Waals surface area contributed by atoms with Gasteiger partial charge in [-0.1, -0.05) is 38.8 Å². The highest BCUT2D eigenvalue weighted by atomic mass is 15.1. The highest BCUT2D eigenvalue weighted by molar-refractivity contribution is 5.56. The molecule has 19 heavy (non-hydrogen) atoms. The fourth-order valence-corrected chi connectivity index (χ4v) is 2.75. The lowest BCUT2D eigenvalue weighted by Gasteiger charge is -2.22. The lowest BCUT2D eigenvalue weighted by molar-refractivity contribution is 0.257. The Hall–Kier alpha value is -1.02. The molecule has 1 aromatic rings. The van der Waals surface area contributed by atoms with Gasteiger partial charge in [0.05, 0.1) is 0 Å². The molecular weight excluding hydrogens is 232 g/mol. The van der Waals surface area contributed by atoms with Gasteiger partial charge in [-0.25, -0.2) is 0 Å². The highest BCUT2D eigenvalue weighted by Gasteiger charge is 2.11. The summed E-state index contributed by atoms with van der Waals surface area (Å²) < 4.78 is 0. The van der Waals surface area contributed by atoms with Crippen LogP contribution in [0.2, 0.25) is 0 Å². The molecule has 2 heteroatoms. The molecule has 0 bridgehead atoms. The maximum absolute atomic E-state index is 3.44. The molecule has 1 aliphatic rings. The lowest BCUT2D eigenvalue weighted by atomic mass is 10.1. The van der Waals surface area contributed by atoms with E-state index in [1.165, 1.54) is 62.0 Å². The van der Waals surface area contributed by atoms with Crippen LogP contribution in [0, 0.1) is 0 Å². The summed E-state index contributed by atoms with van der Waals surface area (Å²) in [7, 11) is 0. The first-order valence-corrected chi connectivity index (χ1v) is 7.91. The van der Waals surface area contributed by atoms with Crippen molar-refractivity contribution in [2.75, 3.05) is 25.0 Å². The fourth-order valence-electron chi connectivity index (χ4n) is 2.75. The quantitative estimate of drug-likeness (QED) is 0.758. The van der Waals surface area contributed by atoms with E-state index in [0.717, 1.165) is 13.1 Å². The Morgan fingerprint density at radius 2 is 1.84 bits per heavy atom. The minimum absolute atomic E-state index is 1.11. The van der Waals surface area contributed by atoms with Crippen molar-refractivity contribution in [3.63, 3.8) is 0 Å². The van der Waals surface area contributed by atoms with Crippen LogP contribution in [0.15, 0.2) is 18.2 Å². The molecule has 0 aromatic heterocycles. The van der Waals surface area contributed by atoms with Gasteiger partial charge in [0.1, 0.15) is 0 Å². The summed E-state index contributed by atoms with van der Waals surface area (Å²) in [6, 6.07) is 6.96. The average Bonchev–Trinajstić information content (AvgIpc) is 2.89. The van der Waals surface area contributed by atoms with E-state index in [1.54, 1.807) is 0 Å². The van der Waals surface area contributed by atoms with Crippen LogP contribution in [0.1, 0.15) is 50.7 Å². The van der Waals surface area contributed by atoms with Crippen molar-refractivity contribution >= 4 is 5.69 Å². The van der Waals surface area contributed by atoms with Gasteiger partial charge in [0.2, 0.25) is 0 Å². The maximum atomic E-state index is 3.44. The Morgan fingerprint density at radius 3 is 2.53 bits per heavy atom. The van der Waals surface area contributed by atoms with Crippen LogP contribution in [0.25, 0.3) is 0 Å². The molecule has 2 nitrogen and oxygen atoms in total. The standard InChI is InChI=1S/C17H28N2/c1-3-5-11-19(12-6-4-2)14-15-7-8-17-16(13-15)9-10-18-17/h7-8,13,18H,3-6,9-12,14H2,1-2H3. The van der Waals surface area contributed by atoms with Crippen LogP contribution >= 0.6 is 0 Å². The second kappa shape index (κ2) is 7.54. The minimum Gasteiger partial charge on any atom is -0.384 e. The van der Waals surface area contributed by atoms with Gasteiger partial charge in [0, 0.05) is 18.8 Å². The van der Waals surface area contributed by atoms with Gasteiger partial charge in [0.25, 0.3) is 0 Å². The number of benzene rings is 1. The van der Waals surface area contributed by atoms with E-state index in [1.807, 2.05) is 0 Å². The number of nitrogens with one attached hydrogen (secondary N) is 1. The van der Waals surface area contributed by atoms with Gasteiger partial charge < -0.3 is 5.32 Å². The van der Waals surface area contributed by atoms with Crippen LogP contribution < -0.4 is 5.32 Å². The van der Waals surface area contributed by atoms with Crippen LogP contribution in [0.3, 0.4) is 0 Å². The lowest BCUT2D eigenvalue weighted by Crippen LogP contribution is -2.25. The zero-order chi connectivity index (χ0) is 13.5. The van der Waals surface area contributed by atoms with Crippen molar-refractivity contribution in [2.45, 2.75) is 52.5 Å². The largest absolute Gasteiger partial charge is 0.384 e. The minimum atomic E-state index is 1.11. The zero-order valence-electron chi connectivity index (χ0n) is 12.5. The van der Waals surface area contributed by atoms with Crippen molar-refractivity contribution in [3.05, 3.63) is 29.3 Å². The Kier molecular flexibility index (Phi) is 5.71. The summed E-state index contributed by atoms with van der Waals surface area (Å²) in [6.07, 6.45) is 6.40. The van der Waals surface area contributed by atoms with Gasteiger partial charge in [0.15, 0.2) is 0 Å². The van der Waals surface area contributed by atoms with E-state index in [-0.39, 0.29) is 0 Å². The van der Waals surface area contributed by atoms with Crippen molar-refractivity contribution in [2.24, 2.45) is 0 Å². The first kappa shape index (κ1) is 14.4. The van der Waals surface area contributed by atoms with Crippen LogP contribution in [0.5, 0.6) is 0 Å². The maximum Gasteiger partial charge on any atom is 0.0373 e. The molecule has 1 aliphatic heterocycles. The monoisotopic (exact) mass is 260 g/mol. The predicted octanol–water partition coefficient (Wildman–Crippen LogP) is 4.06. The third-order valence-corrected chi connectivity index (χ3v) is 3.94. The van der Waals surface area contributed by atoms with E-state index in [2.05, 4.69) is 42.3 Å². The number of nitrogens with zero attached hydrogens (tertiary/aromatic N) is 1. The number of fused-ring (bicyclic) bond motifs is 1. The van der Waals surface area contributed by atoms with E-state index >= 15 is 0 Å². The third-order valence-electron chi connectivity index (χ3n) is 3.94. The normalized spacial score (nSPS) is 13.6. The van der Waals surface area contributed by atoms with Crippen LogP contribution in [0.4, 0.5) is 5.69 Å². The highest BCUT2D eigenvalue weighted by Crippen LogP contribution is 2.23. The van der Waals surface area contributed by atoms with Gasteiger partial charge >= 0.3 is 0 Å². The first-order valence-electron chi connectivity index (χ1n) is 7.91. The number of rotatable bonds is 8. The molecule has 1 N–H and O–H groups in total. The topological polar surface area (TPSA) is 15.3 Å². The Morgan fingerprint density at radius 1 is 1.11 bits per heavy atom. The predicted molar refractivity (Wildman–Crippen MR) is 83.7 cm³/mol. The second-order valence-corrected chi connectivity index (χ2v) is 5.65. The number of hydrogen-bond donors (Lipinski definition) is 1. The summed E-state index contributed by atoms with van der Waals surface area (Å²) in [6.45, 7) is 9.26. The molecule has 0 saturated carbocycles. The summed E-state index contributed by atoms with van der Waals surface area (Å²) in [4.78, 5) is 2.62. The SMILES string of the molecule is CCCCN(CCCC)Cc1ccc2c(c1)CCN2. The molecule has 0 fully saturated rings.